The van der Waals surface area contributed by atoms with Crippen LogP contribution in [0.1, 0.15) is 20.3 Å². The molecule has 8 heteroatoms. The highest BCUT2D eigenvalue weighted by atomic mass is 16.5. The molecule has 152 valence electrons. The van der Waals surface area contributed by atoms with E-state index in [2.05, 4.69) is 29.0 Å². The van der Waals surface area contributed by atoms with Crippen LogP contribution in [0.15, 0.2) is 12.1 Å². The summed E-state index contributed by atoms with van der Waals surface area (Å²) in [6, 6.07) is 3.93. The van der Waals surface area contributed by atoms with E-state index in [0.717, 1.165) is 50.3 Å². The van der Waals surface area contributed by atoms with Gasteiger partial charge in [-0.05, 0) is 32.4 Å². The van der Waals surface area contributed by atoms with E-state index in [1.807, 2.05) is 16.7 Å². The summed E-state index contributed by atoms with van der Waals surface area (Å²) in [6.45, 7) is 9.34. The minimum Gasteiger partial charge on any atom is -0.491 e. The molecule has 2 aromatic rings. The Bertz CT molecular complexity index is 903. The van der Waals surface area contributed by atoms with Crippen molar-refractivity contribution in [2.75, 3.05) is 45.2 Å². The zero-order valence-electron chi connectivity index (χ0n) is 16.8. The van der Waals surface area contributed by atoms with Crippen LogP contribution in [0.2, 0.25) is 0 Å². The topological polar surface area (TPSA) is 84.6 Å². The van der Waals surface area contributed by atoms with Gasteiger partial charge in [0.1, 0.15) is 11.3 Å². The second-order valence-electron chi connectivity index (χ2n) is 7.57. The van der Waals surface area contributed by atoms with Gasteiger partial charge in [-0.15, -0.1) is 0 Å². The van der Waals surface area contributed by atoms with Crippen LogP contribution >= 0.6 is 0 Å². The van der Waals surface area contributed by atoms with Gasteiger partial charge in [0.2, 0.25) is 5.62 Å². The van der Waals surface area contributed by atoms with Crippen LogP contribution in [-0.2, 0) is 11.3 Å². The number of ether oxygens (including phenoxy) is 3. The molecule has 3 heterocycles. The number of anilines is 1. The number of hydrogen-bond acceptors (Lipinski definition) is 7. The third-order valence-electron chi connectivity index (χ3n) is 5.30. The molecule has 8 nitrogen and oxygen atoms in total. The Hall–Kier alpha value is -2.32. The molecule has 0 saturated carbocycles. The lowest BCUT2D eigenvalue weighted by atomic mass is 10.2. The van der Waals surface area contributed by atoms with Crippen molar-refractivity contribution in [2.45, 2.75) is 39.0 Å². The van der Waals surface area contributed by atoms with Crippen molar-refractivity contribution in [3.8, 4) is 11.5 Å². The SMILES string of the molecule is COc1c(OCCCN2CC(C)OC(C)C2)ccc2c3n(c(=N)nc12)CCN3. The van der Waals surface area contributed by atoms with Crippen LogP contribution in [-0.4, -0.2) is 66.6 Å². The van der Waals surface area contributed by atoms with Crippen LogP contribution < -0.4 is 20.4 Å². The Labute approximate surface area is 164 Å². The Kier molecular flexibility index (Phi) is 5.41. The van der Waals surface area contributed by atoms with Crippen molar-refractivity contribution in [1.29, 1.82) is 5.41 Å². The summed E-state index contributed by atoms with van der Waals surface area (Å²) in [6.07, 6.45) is 1.49. The van der Waals surface area contributed by atoms with Gasteiger partial charge in [0, 0.05) is 38.1 Å². The highest BCUT2D eigenvalue weighted by molar-refractivity contribution is 5.95. The monoisotopic (exact) mass is 387 g/mol. The molecular formula is C20H29N5O3. The maximum Gasteiger partial charge on any atom is 0.224 e. The number of nitrogens with one attached hydrogen (secondary N) is 2. The molecule has 0 spiro atoms. The van der Waals surface area contributed by atoms with E-state index in [1.165, 1.54) is 0 Å². The Morgan fingerprint density at radius 3 is 2.82 bits per heavy atom. The lowest BCUT2D eigenvalue weighted by molar-refractivity contribution is -0.0686. The Balaban J connectivity index is 1.46. The van der Waals surface area contributed by atoms with Crippen LogP contribution in [0.25, 0.3) is 10.9 Å². The van der Waals surface area contributed by atoms with E-state index in [0.29, 0.717) is 23.6 Å². The van der Waals surface area contributed by atoms with E-state index in [9.17, 15) is 0 Å². The van der Waals surface area contributed by atoms with E-state index < -0.39 is 0 Å². The molecule has 2 aliphatic heterocycles. The third kappa shape index (κ3) is 3.66. The smallest absolute Gasteiger partial charge is 0.224 e. The highest BCUT2D eigenvalue weighted by Gasteiger charge is 2.22. The summed E-state index contributed by atoms with van der Waals surface area (Å²) in [5.74, 6) is 2.20. The molecule has 1 aromatic carbocycles. The molecule has 0 aliphatic carbocycles. The maximum absolute atomic E-state index is 8.19. The maximum atomic E-state index is 8.19. The van der Waals surface area contributed by atoms with E-state index in [1.54, 1.807) is 7.11 Å². The summed E-state index contributed by atoms with van der Waals surface area (Å²) in [4.78, 5) is 6.89. The first-order valence-electron chi connectivity index (χ1n) is 9.97. The largest absolute Gasteiger partial charge is 0.491 e. The van der Waals surface area contributed by atoms with Crippen molar-refractivity contribution >= 4 is 16.7 Å². The quantitative estimate of drug-likeness (QED) is 0.736. The van der Waals surface area contributed by atoms with E-state index in [4.69, 9.17) is 19.6 Å². The molecular weight excluding hydrogens is 358 g/mol. The van der Waals surface area contributed by atoms with Crippen LogP contribution in [0, 0.1) is 5.41 Å². The van der Waals surface area contributed by atoms with Crippen LogP contribution in [0.5, 0.6) is 11.5 Å². The number of hydrogen-bond donors (Lipinski definition) is 2. The zero-order valence-corrected chi connectivity index (χ0v) is 16.8. The summed E-state index contributed by atoms with van der Waals surface area (Å²) < 4.78 is 19.3. The molecule has 0 amide bonds. The van der Waals surface area contributed by atoms with Crippen molar-refractivity contribution < 1.29 is 14.2 Å². The number of nitrogens with zero attached hydrogens (tertiary/aromatic N) is 3. The molecule has 1 saturated heterocycles. The van der Waals surface area contributed by atoms with Gasteiger partial charge < -0.3 is 19.5 Å². The van der Waals surface area contributed by atoms with Crippen LogP contribution in [0.4, 0.5) is 5.82 Å². The summed E-state index contributed by atoms with van der Waals surface area (Å²) >= 11 is 0. The third-order valence-corrected chi connectivity index (χ3v) is 5.30. The molecule has 4 rings (SSSR count). The Morgan fingerprint density at radius 1 is 1.29 bits per heavy atom. The molecule has 1 fully saturated rings. The second-order valence-corrected chi connectivity index (χ2v) is 7.57. The number of morpholine rings is 1. The molecule has 2 unspecified atom stereocenters. The first-order chi connectivity index (χ1) is 13.6. The number of benzene rings is 1. The number of rotatable bonds is 6. The first kappa shape index (κ1) is 19.0. The number of fused-ring (bicyclic) bond motifs is 3. The average molecular weight is 387 g/mol. The second kappa shape index (κ2) is 7.97. The lowest BCUT2D eigenvalue weighted by Crippen LogP contribution is -2.45. The average Bonchev–Trinajstić information content (AvgIpc) is 3.15. The fourth-order valence-electron chi connectivity index (χ4n) is 4.21. The minimum atomic E-state index is 0.235. The fraction of sp³-hybridized carbons (Fsp3) is 0.600. The zero-order chi connectivity index (χ0) is 19.7. The molecule has 2 aliphatic rings. The van der Waals surface area contributed by atoms with Gasteiger partial charge in [-0.25, -0.2) is 4.98 Å². The molecule has 1 aromatic heterocycles. The van der Waals surface area contributed by atoms with Crippen LogP contribution in [0.3, 0.4) is 0 Å². The molecule has 2 atom stereocenters. The first-order valence-corrected chi connectivity index (χ1v) is 9.97. The normalized spacial score (nSPS) is 22.1. The summed E-state index contributed by atoms with van der Waals surface area (Å²) in [5, 5.41) is 12.5. The molecule has 0 radical (unpaired) electrons. The van der Waals surface area contributed by atoms with Crippen molar-refractivity contribution in [1.82, 2.24) is 14.5 Å². The molecule has 0 bridgehead atoms. The molecule has 2 N–H and O–H groups in total. The van der Waals surface area contributed by atoms with Gasteiger partial charge in [-0.2, -0.15) is 0 Å². The van der Waals surface area contributed by atoms with Crippen molar-refractivity contribution in [2.24, 2.45) is 0 Å². The van der Waals surface area contributed by atoms with Gasteiger partial charge >= 0.3 is 0 Å². The minimum absolute atomic E-state index is 0.235. The lowest BCUT2D eigenvalue weighted by Gasteiger charge is -2.35. The van der Waals surface area contributed by atoms with Gasteiger partial charge in [0.05, 0.1) is 25.9 Å². The summed E-state index contributed by atoms with van der Waals surface area (Å²) in [7, 11) is 1.62. The van der Waals surface area contributed by atoms with Gasteiger partial charge in [-0.1, -0.05) is 0 Å². The molecule has 28 heavy (non-hydrogen) atoms. The fourth-order valence-corrected chi connectivity index (χ4v) is 4.21. The van der Waals surface area contributed by atoms with E-state index >= 15 is 0 Å². The summed E-state index contributed by atoms with van der Waals surface area (Å²) in [5.41, 5.74) is 0.903. The predicted molar refractivity (Wildman–Crippen MR) is 107 cm³/mol. The number of aromatic nitrogens is 2. The Morgan fingerprint density at radius 2 is 2.07 bits per heavy atom. The van der Waals surface area contributed by atoms with Crippen molar-refractivity contribution in [3.05, 3.63) is 17.8 Å². The van der Waals surface area contributed by atoms with Gasteiger partial charge in [0.15, 0.2) is 11.5 Å². The standard InChI is InChI=1S/C20H29N5O3/c1-13-11-24(12-14(2)28-13)8-4-10-27-16-6-5-15-17(18(16)26-3)23-20(21)25-9-7-22-19(15)25/h5-6,13-14,21-22H,4,7-12H2,1-3H3. The number of methoxy groups -OCH3 is 1. The van der Waals surface area contributed by atoms with E-state index in [-0.39, 0.29) is 17.8 Å². The predicted octanol–water partition coefficient (Wildman–Crippen LogP) is 1.83. The van der Waals surface area contributed by atoms with Gasteiger partial charge in [0.25, 0.3) is 0 Å². The van der Waals surface area contributed by atoms with Crippen molar-refractivity contribution in [3.63, 3.8) is 0 Å². The highest BCUT2D eigenvalue weighted by Crippen LogP contribution is 2.37. The van der Waals surface area contributed by atoms with Gasteiger partial charge in [-0.3, -0.25) is 14.9 Å².